The maximum absolute atomic E-state index is 11.7. The Labute approximate surface area is 110 Å². The molecule has 1 amide bonds. The Kier molecular flexibility index (Phi) is 3.33. The fourth-order valence-corrected chi connectivity index (χ4v) is 1.68. The monoisotopic (exact) mass is 311 g/mol. The fraction of sp³-hybridized carbons (Fsp3) is 0.182. The molecule has 0 aliphatic carbocycles. The number of carbonyl (C=O) groups excluding carboxylic acids is 1. The van der Waals surface area contributed by atoms with Crippen molar-refractivity contribution in [3.63, 3.8) is 0 Å². The molecule has 1 aromatic heterocycles. The molecule has 0 fully saturated rings. The second kappa shape index (κ2) is 4.77. The smallest absolute Gasteiger partial charge is 0.272 e. The predicted molar refractivity (Wildman–Crippen MR) is 72.2 cm³/mol. The van der Waals surface area contributed by atoms with Crippen LogP contribution >= 0.6 is 15.9 Å². The second-order valence-electron chi connectivity index (χ2n) is 3.74. The highest BCUT2D eigenvalue weighted by Gasteiger charge is 2.13. The van der Waals surface area contributed by atoms with Gasteiger partial charge in [0.15, 0.2) is 0 Å². The molecule has 0 radical (unpaired) electrons. The minimum absolute atomic E-state index is 0.169. The Bertz CT molecular complexity index is 717. The van der Waals surface area contributed by atoms with E-state index in [2.05, 4.69) is 31.4 Å². The molecular weight excluding hydrogens is 302 g/mol. The highest BCUT2D eigenvalue weighted by atomic mass is 79.9. The number of hydrogen-bond donors (Lipinski definition) is 3. The third-order valence-electron chi connectivity index (χ3n) is 2.44. The average molecular weight is 312 g/mol. The van der Waals surface area contributed by atoms with E-state index in [9.17, 15) is 14.4 Å². The first kappa shape index (κ1) is 12.6. The molecule has 0 bridgehead atoms. The maximum Gasteiger partial charge on any atom is 0.272 e. The number of hydrogen-bond acceptors (Lipinski definition) is 3. The van der Waals surface area contributed by atoms with Crippen molar-refractivity contribution < 1.29 is 4.79 Å². The van der Waals surface area contributed by atoms with Gasteiger partial charge in [0.1, 0.15) is 0 Å². The standard InChI is InChI=1S/C11H10BrN3O3/c1-5(12)9(16)13-7-4-2-3-6-8(7)11(18)15-14-10(6)17/h2-5H,1H3,(H,13,16)(H,14,17)(H,15,18). The molecule has 0 aliphatic rings. The van der Waals surface area contributed by atoms with Gasteiger partial charge in [-0.3, -0.25) is 24.6 Å². The third kappa shape index (κ3) is 2.21. The number of anilines is 1. The number of alkyl halides is 1. The Balaban J connectivity index is 2.66. The second-order valence-corrected chi connectivity index (χ2v) is 5.12. The summed E-state index contributed by atoms with van der Waals surface area (Å²) in [6.45, 7) is 1.66. The van der Waals surface area contributed by atoms with E-state index in [0.717, 1.165) is 0 Å². The molecule has 6 nitrogen and oxygen atoms in total. The van der Waals surface area contributed by atoms with Crippen LogP contribution in [0.4, 0.5) is 5.69 Å². The molecule has 0 aliphatic heterocycles. The molecule has 7 heteroatoms. The number of amides is 1. The van der Waals surface area contributed by atoms with Crippen molar-refractivity contribution >= 4 is 38.3 Å². The van der Waals surface area contributed by atoms with Crippen molar-refractivity contribution in [2.24, 2.45) is 0 Å². The number of halogens is 1. The summed E-state index contributed by atoms with van der Waals surface area (Å²) in [4.78, 5) is 34.5. The number of fused-ring (bicyclic) bond motifs is 1. The molecule has 0 saturated heterocycles. The molecule has 3 N–H and O–H groups in total. The van der Waals surface area contributed by atoms with Gasteiger partial charge in [0.25, 0.3) is 11.1 Å². The number of H-pyrrole nitrogens is 2. The molecular formula is C11H10BrN3O3. The van der Waals surface area contributed by atoms with E-state index < -0.39 is 15.9 Å². The lowest BCUT2D eigenvalue weighted by molar-refractivity contribution is -0.115. The van der Waals surface area contributed by atoms with Crippen molar-refractivity contribution in [3.8, 4) is 0 Å². The zero-order chi connectivity index (χ0) is 13.3. The number of aromatic amines is 2. The Morgan fingerprint density at radius 3 is 2.61 bits per heavy atom. The van der Waals surface area contributed by atoms with Crippen LogP contribution < -0.4 is 16.4 Å². The van der Waals surface area contributed by atoms with Crippen LogP contribution in [-0.2, 0) is 4.79 Å². The summed E-state index contributed by atoms with van der Waals surface area (Å²) in [7, 11) is 0. The third-order valence-corrected chi connectivity index (χ3v) is 2.86. The number of benzene rings is 1. The molecule has 2 rings (SSSR count). The molecule has 18 heavy (non-hydrogen) atoms. The van der Waals surface area contributed by atoms with Crippen LogP contribution in [0.3, 0.4) is 0 Å². The van der Waals surface area contributed by atoms with Crippen molar-refractivity contribution in [3.05, 3.63) is 38.9 Å². The zero-order valence-corrected chi connectivity index (χ0v) is 11.0. The summed E-state index contributed by atoms with van der Waals surface area (Å²) in [6, 6.07) is 4.70. The minimum Gasteiger partial charge on any atom is -0.324 e. The lowest BCUT2D eigenvalue weighted by Gasteiger charge is -2.08. The van der Waals surface area contributed by atoms with Gasteiger partial charge in [0.2, 0.25) is 5.91 Å². The van der Waals surface area contributed by atoms with Crippen molar-refractivity contribution in [1.29, 1.82) is 0 Å². The number of nitrogens with one attached hydrogen (secondary N) is 3. The van der Waals surface area contributed by atoms with Gasteiger partial charge in [0, 0.05) is 0 Å². The van der Waals surface area contributed by atoms with E-state index in [1.807, 2.05) is 0 Å². The van der Waals surface area contributed by atoms with Gasteiger partial charge in [-0.05, 0) is 19.1 Å². The van der Waals surface area contributed by atoms with E-state index in [0.29, 0.717) is 5.69 Å². The van der Waals surface area contributed by atoms with Crippen LogP contribution in [0.1, 0.15) is 6.92 Å². The zero-order valence-electron chi connectivity index (χ0n) is 9.41. The Morgan fingerprint density at radius 2 is 1.94 bits per heavy atom. The molecule has 94 valence electrons. The van der Waals surface area contributed by atoms with Crippen molar-refractivity contribution in [1.82, 2.24) is 10.2 Å². The van der Waals surface area contributed by atoms with Gasteiger partial charge < -0.3 is 5.32 Å². The van der Waals surface area contributed by atoms with E-state index >= 15 is 0 Å². The van der Waals surface area contributed by atoms with Crippen molar-refractivity contribution in [2.75, 3.05) is 5.32 Å². The first-order valence-corrected chi connectivity index (χ1v) is 6.11. The lowest BCUT2D eigenvalue weighted by Crippen LogP contribution is -2.24. The van der Waals surface area contributed by atoms with Crippen LogP contribution in [0.5, 0.6) is 0 Å². The quantitative estimate of drug-likeness (QED) is 0.720. The summed E-state index contributed by atoms with van der Waals surface area (Å²) in [5.74, 6) is -0.290. The van der Waals surface area contributed by atoms with Crippen LogP contribution in [0.25, 0.3) is 10.8 Å². The van der Waals surface area contributed by atoms with Gasteiger partial charge in [-0.1, -0.05) is 22.0 Å². The van der Waals surface area contributed by atoms with Crippen LogP contribution in [0.2, 0.25) is 0 Å². The molecule has 1 unspecified atom stereocenters. The highest BCUT2D eigenvalue weighted by Crippen LogP contribution is 2.17. The summed E-state index contributed by atoms with van der Waals surface area (Å²) >= 11 is 3.13. The molecule has 1 atom stereocenters. The molecule has 0 spiro atoms. The van der Waals surface area contributed by atoms with E-state index in [4.69, 9.17) is 0 Å². The first-order valence-electron chi connectivity index (χ1n) is 5.19. The number of carbonyl (C=O) groups is 1. The predicted octanol–water partition coefficient (Wildman–Crippen LogP) is 0.938. The van der Waals surface area contributed by atoms with Gasteiger partial charge in [-0.15, -0.1) is 0 Å². The highest BCUT2D eigenvalue weighted by molar-refractivity contribution is 9.10. The summed E-state index contributed by atoms with van der Waals surface area (Å²) < 4.78 is 0. The molecule has 1 heterocycles. The van der Waals surface area contributed by atoms with Crippen LogP contribution in [0.15, 0.2) is 27.8 Å². The average Bonchev–Trinajstić information content (AvgIpc) is 2.34. The fourth-order valence-electron chi connectivity index (χ4n) is 1.57. The summed E-state index contributed by atoms with van der Waals surface area (Å²) in [5, 5.41) is 7.46. The van der Waals surface area contributed by atoms with Crippen LogP contribution in [0, 0.1) is 0 Å². The van der Waals surface area contributed by atoms with Gasteiger partial charge >= 0.3 is 0 Å². The minimum atomic E-state index is -0.456. The number of aromatic nitrogens is 2. The molecule has 0 saturated carbocycles. The summed E-state index contributed by atoms with van der Waals surface area (Å²) in [6.07, 6.45) is 0. The van der Waals surface area contributed by atoms with E-state index in [1.165, 1.54) is 6.07 Å². The van der Waals surface area contributed by atoms with Gasteiger partial charge in [-0.25, -0.2) is 0 Å². The SMILES string of the molecule is CC(Br)C(=O)Nc1cccc2c(=O)[nH][nH]c(=O)c12. The largest absolute Gasteiger partial charge is 0.324 e. The van der Waals surface area contributed by atoms with Crippen LogP contribution in [-0.4, -0.2) is 20.9 Å². The number of rotatable bonds is 2. The van der Waals surface area contributed by atoms with Gasteiger partial charge in [-0.2, -0.15) is 0 Å². The lowest BCUT2D eigenvalue weighted by atomic mass is 10.1. The Hall–Kier alpha value is -1.89. The molecule has 1 aromatic carbocycles. The van der Waals surface area contributed by atoms with E-state index in [1.54, 1.807) is 19.1 Å². The van der Waals surface area contributed by atoms with Crippen molar-refractivity contribution in [2.45, 2.75) is 11.8 Å². The topological polar surface area (TPSA) is 94.8 Å². The maximum atomic E-state index is 11.7. The van der Waals surface area contributed by atoms with Gasteiger partial charge in [0.05, 0.1) is 21.3 Å². The first-order chi connectivity index (χ1) is 8.50. The Morgan fingerprint density at radius 1 is 1.28 bits per heavy atom. The molecule has 2 aromatic rings. The normalized spacial score (nSPS) is 12.3. The summed E-state index contributed by atoms with van der Waals surface area (Å²) in [5.41, 5.74) is -0.550. The van der Waals surface area contributed by atoms with E-state index in [-0.39, 0.29) is 16.7 Å².